The molecular weight excluding hydrogens is 134 g/mol. The molecule has 11 heavy (non-hydrogen) atoms. The normalized spacial score (nSPS) is 24.5. The minimum Gasteiger partial charge on any atom is -0.324 e. The van der Waals surface area contributed by atoms with Gasteiger partial charge >= 0.3 is 0 Å². The molecule has 0 spiro atoms. The highest BCUT2D eigenvalue weighted by atomic mass is 15.3. The molecule has 1 heteroatoms. The SMILES string of the molecule is CC[N+]1(CC)CCCCCC1. The van der Waals surface area contributed by atoms with E-state index in [1.807, 2.05) is 0 Å². The highest BCUT2D eigenvalue weighted by Gasteiger charge is 2.23. The fraction of sp³-hybridized carbons (Fsp3) is 1.00. The van der Waals surface area contributed by atoms with Crippen LogP contribution in [-0.2, 0) is 0 Å². The maximum atomic E-state index is 2.34. The summed E-state index contributed by atoms with van der Waals surface area (Å²) in [5.74, 6) is 0. The summed E-state index contributed by atoms with van der Waals surface area (Å²) in [6.45, 7) is 10.2. The predicted molar refractivity (Wildman–Crippen MR) is 49.5 cm³/mol. The number of nitrogens with zero attached hydrogens (tertiary/aromatic N) is 1. The predicted octanol–water partition coefficient (Wildman–Crippen LogP) is 2.42. The van der Waals surface area contributed by atoms with Gasteiger partial charge in [-0.2, -0.15) is 0 Å². The van der Waals surface area contributed by atoms with E-state index in [4.69, 9.17) is 0 Å². The number of hydrogen-bond donors (Lipinski definition) is 0. The van der Waals surface area contributed by atoms with Gasteiger partial charge in [0, 0.05) is 0 Å². The van der Waals surface area contributed by atoms with E-state index in [0.717, 1.165) is 0 Å². The molecule has 0 unspecified atom stereocenters. The van der Waals surface area contributed by atoms with Gasteiger partial charge in [0.15, 0.2) is 0 Å². The molecular formula is C10H22N+. The zero-order chi connectivity index (χ0) is 8.16. The minimum atomic E-state index is 1.34. The van der Waals surface area contributed by atoms with Crippen molar-refractivity contribution in [1.82, 2.24) is 0 Å². The summed E-state index contributed by atoms with van der Waals surface area (Å²) in [5.41, 5.74) is 0. The molecule has 1 saturated heterocycles. The Morgan fingerprint density at radius 2 is 1.27 bits per heavy atom. The van der Waals surface area contributed by atoms with E-state index in [2.05, 4.69) is 13.8 Å². The Hall–Kier alpha value is -0.0400. The zero-order valence-electron chi connectivity index (χ0n) is 8.10. The van der Waals surface area contributed by atoms with Crippen LogP contribution < -0.4 is 0 Å². The van der Waals surface area contributed by atoms with Crippen LogP contribution in [0.4, 0.5) is 0 Å². The fourth-order valence-electron chi connectivity index (χ4n) is 2.22. The van der Waals surface area contributed by atoms with Crippen LogP contribution in [0.5, 0.6) is 0 Å². The van der Waals surface area contributed by atoms with Crippen LogP contribution in [0.1, 0.15) is 39.5 Å². The van der Waals surface area contributed by atoms with E-state index in [0.29, 0.717) is 0 Å². The van der Waals surface area contributed by atoms with Gasteiger partial charge in [-0.3, -0.25) is 0 Å². The van der Waals surface area contributed by atoms with E-state index < -0.39 is 0 Å². The molecule has 0 N–H and O–H groups in total. The van der Waals surface area contributed by atoms with Gasteiger partial charge in [-0.25, -0.2) is 0 Å². The first-order valence-corrected chi connectivity index (χ1v) is 5.18. The average molecular weight is 156 g/mol. The minimum absolute atomic E-state index is 1.34. The van der Waals surface area contributed by atoms with Gasteiger partial charge in [0.05, 0.1) is 26.2 Å². The molecule has 0 aliphatic carbocycles. The lowest BCUT2D eigenvalue weighted by Gasteiger charge is -2.35. The molecule has 0 aromatic rings. The molecule has 1 nitrogen and oxygen atoms in total. The van der Waals surface area contributed by atoms with Crippen LogP contribution in [0, 0.1) is 0 Å². The molecule has 0 radical (unpaired) electrons. The number of hydrogen-bond acceptors (Lipinski definition) is 0. The Bertz CT molecular complexity index is 95.4. The maximum Gasteiger partial charge on any atom is 0.0786 e. The standard InChI is InChI=1S/C10H22N/c1-3-11(4-2)9-7-5-6-8-10-11/h3-10H2,1-2H3/q+1. The summed E-state index contributed by atoms with van der Waals surface area (Å²) in [5, 5.41) is 0. The van der Waals surface area contributed by atoms with Crippen LogP contribution in [0.3, 0.4) is 0 Å². The van der Waals surface area contributed by atoms with E-state index in [1.165, 1.54) is 56.3 Å². The Labute approximate surface area is 71.0 Å². The van der Waals surface area contributed by atoms with Gasteiger partial charge in [-0.05, 0) is 39.5 Å². The van der Waals surface area contributed by atoms with Crippen molar-refractivity contribution in [2.45, 2.75) is 39.5 Å². The van der Waals surface area contributed by atoms with E-state index in [1.54, 1.807) is 0 Å². The van der Waals surface area contributed by atoms with Crippen molar-refractivity contribution in [3.8, 4) is 0 Å². The summed E-state index contributed by atoms with van der Waals surface area (Å²) in [7, 11) is 0. The van der Waals surface area contributed by atoms with Crippen LogP contribution in [0.15, 0.2) is 0 Å². The number of likely N-dealkylation sites (tertiary alicyclic amines) is 1. The van der Waals surface area contributed by atoms with Crippen LogP contribution in [0.2, 0.25) is 0 Å². The van der Waals surface area contributed by atoms with Gasteiger partial charge in [0.1, 0.15) is 0 Å². The van der Waals surface area contributed by atoms with Crippen molar-refractivity contribution in [2.75, 3.05) is 26.2 Å². The largest absolute Gasteiger partial charge is 0.324 e. The first-order chi connectivity index (χ1) is 5.33. The monoisotopic (exact) mass is 156 g/mol. The summed E-state index contributed by atoms with van der Waals surface area (Å²) in [4.78, 5) is 0. The Kier molecular flexibility index (Phi) is 3.38. The van der Waals surface area contributed by atoms with Gasteiger partial charge in [0.25, 0.3) is 0 Å². The van der Waals surface area contributed by atoms with Gasteiger partial charge in [-0.15, -0.1) is 0 Å². The van der Waals surface area contributed by atoms with Crippen LogP contribution >= 0.6 is 0 Å². The summed E-state index contributed by atoms with van der Waals surface area (Å²) >= 11 is 0. The molecule has 0 aromatic heterocycles. The van der Waals surface area contributed by atoms with Crippen molar-refractivity contribution in [3.05, 3.63) is 0 Å². The molecule has 0 atom stereocenters. The van der Waals surface area contributed by atoms with Gasteiger partial charge < -0.3 is 4.48 Å². The van der Waals surface area contributed by atoms with Gasteiger partial charge in [-0.1, -0.05) is 0 Å². The first kappa shape index (κ1) is 9.05. The highest BCUT2D eigenvalue weighted by Crippen LogP contribution is 2.17. The second-order valence-electron chi connectivity index (χ2n) is 3.84. The maximum absolute atomic E-state index is 2.34. The Balaban J connectivity index is 2.49. The van der Waals surface area contributed by atoms with Crippen LogP contribution in [0.25, 0.3) is 0 Å². The Morgan fingerprint density at radius 3 is 1.64 bits per heavy atom. The number of rotatable bonds is 2. The quantitative estimate of drug-likeness (QED) is 0.539. The third-order valence-corrected chi connectivity index (χ3v) is 3.36. The molecule has 1 heterocycles. The third kappa shape index (κ3) is 2.19. The molecule has 1 aliphatic rings. The molecule has 1 aliphatic heterocycles. The van der Waals surface area contributed by atoms with E-state index in [-0.39, 0.29) is 0 Å². The molecule has 0 aromatic carbocycles. The topological polar surface area (TPSA) is 0 Å². The summed E-state index contributed by atoms with van der Waals surface area (Å²) < 4.78 is 1.39. The number of quaternary nitrogens is 1. The van der Waals surface area contributed by atoms with E-state index >= 15 is 0 Å². The zero-order valence-corrected chi connectivity index (χ0v) is 8.10. The lowest BCUT2D eigenvalue weighted by Crippen LogP contribution is -2.48. The molecule has 1 rings (SSSR count). The molecule has 66 valence electrons. The van der Waals surface area contributed by atoms with Crippen molar-refractivity contribution < 1.29 is 4.48 Å². The molecule has 0 saturated carbocycles. The van der Waals surface area contributed by atoms with Crippen molar-refractivity contribution in [2.24, 2.45) is 0 Å². The van der Waals surface area contributed by atoms with E-state index in [9.17, 15) is 0 Å². The second kappa shape index (κ2) is 4.10. The van der Waals surface area contributed by atoms with Crippen LogP contribution in [-0.4, -0.2) is 30.7 Å². The lowest BCUT2D eigenvalue weighted by molar-refractivity contribution is -0.924. The summed E-state index contributed by atoms with van der Waals surface area (Å²) in [6, 6.07) is 0. The Morgan fingerprint density at radius 1 is 0.818 bits per heavy atom. The fourth-order valence-corrected chi connectivity index (χ4v) is 2.22. The molecule has 0 amide bonds. The van der Waals surface area contributed by atoms with Gasteiger partial charge in [0.2, 0.25) is 0 Å². The smallest absolute Gasteiger partial charge is 0.0786 e. The van der Waals surface area contributed by atoms with Crippen molar-refractivity contribution in [3.63, 3.8) is 0 Å². The molecule has 1 fully saturated rings. The second-order valence-corrected chi connectivity index (χ2v) is 3.84. The van der Waals surface area contributed by atoms with Crippen molar-refractivity contribution in [1.29, 1.82) is 0 Å². The third-order valence-electron chi connectivity index (χ3n) is 3.36. The lowest BCUT2D eigenvalue weighted by atomic mass is 10.2. The molecule has 0 bridgehead atoms. The highest BCUT2D eigenvalue weighted by molar-refractivity contribution is 4.51. The van der Waals surface area contributed by atoms with Crippen molar-refractivity contribution >= 4 is 0 Å². The summed E-state index contributed by atoms with van der Waals surface area (Å²) in [6.07, 6.45) is 5.86. The average Bonchev–Trinajstić information content (AvgIpc) is 2.30. The first-order valence-electron chi connectivity index (χ1n) is 5.18.